The van der Waals surface area contributed by atoms with Crippen molar-refractivity contribution < 1.29 is 19.4 Å². The number of ether oxygens (including phenoxy) is 1. The van der Waals surface area contributed by atoms with Crippen molar-refractivity contribution in [1.29, 1.82) is 0 Å². The average Bonchev–Trinajstić information content (AvgIpc) is 2.32. The second-order valence-electron chi connectivity index (χ2n) is 4.05. The lowest BCUT2D eigenvalue weighted by Gasteiger charge is -2.31. The molecular weight excluding hydrogens is 222 g/mol. The van der Waals surface area contributed by atoms with E-state index in [2.05, 4.69) is 0 Å². The summed E-state index contributed by atoms with van der Waals surface area (Å²) in [7, 11) is 1.57. The Morgan fingerprint density at radius 3 is 2.18 bits per heavy atom. The number of carbonyl (C=O) groups excluding carboxylic acids is 1. The molecule has 0 rings (SSSR count). The zero-order valence-corrected chi connectivity index (χ0v) is 11.1. The Morgan fingerprint density at radius 1 is 1.29 bits per heavy atom. The van der Waals surface area contributed by atoms with Gasteiger partial charge in [0.1, 0.15) is 5.92 Å². The van der Waals surface area contributed by atoms with Gasteiger partial charge < -0.3 is 14.7 Å². The molecule has 0 saturated carbocycles. The lowest BCUT2D eigenvalue weighted by molar-refractivity contribution is -0.151. The first kappa shape index (κ1) is 15.9. The second kappa shape index (κ2) is 8.06. The van der Waals surface area contributed by atoms with Crippen LogP contribution in [-0.4, -0.2) is 48.2 Å². The van der Waals surface area contributed by atoms with Crippen molar-refractivity contribution >= 4 is 11.9 Å². The highest BCUT2D eigenvalue weighted by Crippen LogP contribution is 2.13. The van der Waals surface area contributed by atoms with E-state index in [9.17, 15) is 9.59 Å². The largest absolute Gasteiger partial charge is 0.481 e. The Hall–Kier alpha value is -1.10. The summed E-state index contributed by atoms with van der Waals surface area (Å²) in [6.07, 6.45) is 1.64. The number of carbonyl (C=O) groups is 2. The maximum Gasteiger partial charge on any atom is 0.315 e. The van der Waals surface area contributed by atoms with E-state index in [-0.39, 0.29) is 11.9 Å². The third kappa shape index (κ3) is 4.73. The molecule has 1 amide bonds. The van der Waals surface area contributed by atoms with Gasteiger partial charge in [0.2, 0.25) is 5.91 Å². The molecule has 0 spiro atoms. The summed E-state index contributed by atoms with van der Waals surface area (Å²) in [5, 5.41) is 8.88. The number of carboxylic acid groups (broad SMARTS) is 1. The van der Waals surface area contributed by atoms with Gasteiger partial charge in [-0.2, -0.15) is 0 Å². The van der Waals surface area contributed by atoms with Crippen molar-refractivity contribution in [2.24, 2.45) is 5.92 Å². The highest BCUT2D eigenvalue weighted by atomic mass is 16.5. The molecule has 0 bridgehead atoms. The van der Waals surface area contributed by atoms with E-state index in [4.69, 9.17) is 9.84 Å². The molecule has 5 nitrogen and oxygen atoms in total. The summed E-state index contributed by atoms with van der Waals surface area (Å²) < 4.78 is 4.96. The number of carboxylic acids is 1. The Bertz CT molecular complexity index is 251. The summed E-state index contributed by atoms with van der Waals surface area (Å²) in [5.41, 5.74) is 0. The predicted octanol–water partition coefficient (Wildman–Crippen LogP) is 1.37. The van der Waals surface area contributed by atoms with Crippen molar-refractivity contribution in [3.63, 3.8) is 0 Å². The molecule has 0 aromatic rings. The number of amides is 1. The topological polar surface area (TPSA) is 66.8 Å². The van der Waals surface area contributed by atoms with E-state index in [0.29, 0.717) is 13.2 Å². The monoisotopic (exact) mass is 245 g/mol. The van der Waals surface area contributed by atoms with Crippen LogP contribution in [0.5, 0.6) is 0 Å². The fraction of sp³-hybridized carbons (Fsp3) is 0.833. The molecule has 1 atom stereocenters. The van der Waals surface area contributed by atoms with E-state index in [1.165, 1.54) is 6.92 Å². The van der Waals surface area contributed by atoms with Gasteiger partial charge >= 0.3 is 5.97 Å². The van der Waals surface area contributed by atoms with Crippen LogP contribution in [0.25, 0.3) is 0 Å². The van der Waals surface area contributed by atoms with E-state index in [0.717, 1.165) is 12.8 Å². The summed E-state index contributed by atoms with van der Waals surface area (Å²) in [6.45, 7) is 6.28. The Labute approximate surface area is 103 Å². The molecule has 17 heavy (non-hydrogen) atoms. The summed E-state index contributed by atoms with van der Waals surface area (Å²) >= 11 is 0. The van der Waals surface area contributed by atoms with Crippen LogP contribution in [0, 0.1) is 5.92 Å². The second-order valence-corrected chi connectivity index (χ2v) is 4.05. The van der Waals surface area contributed by atoms with E-state index < -0.39 is 11.9 Å². The molecule has 1 unspecified atom stereocenters. The molecule has 0 aliphatic heterocycles. The highest BCUT2D eigenvalue weighted by molar-refractivity contribution is 5.96. The molecule has 5 heteroatoms. The van der Waals surface area contributed by atoms with Crippen LogP contribution in [0.15, 0.2) is 0 Å². The van der Waals surface area contributed by atoms with Gasteiger partial charge in [-0.1, -0.05) is 13.8 Å². The molecule has 0 fully saturated rings. The molecule has 0 saturated heterocycles. The first-order chi connectivity index (χ1) is 7.99. The van der Waals surface area contributed by atoms with E-state index in [1.54, 1.807) is 12.0 Å². The fourth-order valence-electron chi connectivity index (χ4n) is 1.75. The number of nitrogens with zero attached hydrogens (tertiary/aromatic N) is 1. The number of rotatable bonds is 8. The van der Waals surface area contributed by atoms with Gasteiger partial charge in [-0.05, 0) is 19.8 Å². The van der Waals surface area contributed by atoms with Gasteiger partial charge in [0.05, 0.1) is 6.61 Å². The van der Waals surface area contributed by atoms with Crippen molar-refractivity contribution in [2.45, 2.75) is 39.7 Å². The smallest absolute Gasteiger partial charge is 0.315 e. The van der Waals surface area contributed by atoms with Crippen molar-refractivity contribution in [3.8, 4) is 0 Å². The highest BCUT2D eigenvalue weighted by Gasteiger charge is 2.29. The Balaban J connectivity index is 4.76. The molecule has 0 aromatic carbocycles. The van der Waals surface area contributed by atoms with Crippen LogP contribution in [0.4, 0.5) is 0 Å². The molecule has 0 radical (unpaired) electrons. The first-order valence-corrected chi connectivity index (χ1v) is 6.01. The maximum atomic E-state index is 12.0. The van der Waals surface area contributed by atoms with Gasteiger partial charge in [-0.15, -0.1) is 0 Å². The zero-order valence-electron chi connectivity index (χ0n) is 11.1. The Kier molecular flexibility index (Phi) is 7.54. The third-order valence-corrected chi connectivity index (χ3v) is 2.94. The van der Waals surface area contributed by atoms with Gasteiger partial charge in [0.25, 0.3) is 0 Å². The maximum absolute atomic E-state index is 12.0. The van der Waals surface area contributed by atoms with Crippen LogP contribution in [0.2, 0.25) is 0 Å². The van der Waals surface area contributed by atoms with Gasteiger partial charge in [-0.3, -0.25) is 9.59 Å². The molecule has 1 N–H and O–H groups in total. The molecule has 0 heterocycles. The van der Waals surface area contributed by atoms with Crippen molar-refractivity contribution in [3.05, 3.63) is 0 Å². The molecule has 100 valence electrons. The van der Waals surface area contributed by atoms with Crippen LogP contribution >= 0.6 is 0 Å². The van der Waals surface area contributed by atoms with Crippen LogP contribution in [0.1, 0.15) is 33.6 Å². The molecule has 0 aromatic heterocycles. The molecule has 0 aliphatic rings. The quantitative estimate of drug-likeness (QED) is 0.656. The summed E-state index contributed by atoms with van der Waals surface area (Å²) in [4.78, 5) is 24.5. The minimum atomic E-state index is -1.08. The van der Waals surface area contributed by atoms with Gasteiger partial charge in [-0.25, -0.2) is 0 Å². The minimum absolute atomic E-state index is 0.0828. The predicted molar refractivity (Wildman–Crippen MR) is 64.8 cm³/mol. The Morgan fingerprint density at radius 2 is 1.82 bits per heavy atom. The lowest BCUT2D eigenvalue weighted by atomic mass is 10.1. The lowest BCUT2D eigenvalue weighted by Crippen LogP contribution is -2.46. The van der Waals surface area contributed by atoms with Crippen molar-refractivity contribution in [1.82, 2.24) is 4.90 Å². The number of hydrogen-bond donors (Lipinski definition) is 1. The van der Waals surface area contributed by atoms with Crippen LogP contribution in [-0.2, 0) is 14.3 Å². The van der Waals surface area contributed by atoms with E-state index in [1.807, 2.05) is 13.8 Å². The van der Waals surface area contributed by atoms with Crippen LogP contribution in [0.3, 0.4) is 0 Å². The first-order valence-electron chi connectivity index (χ1n) is 6.01. The minimum Gasteiger partial charge on any atom is -0.481 e. The fourth-order valence-corrected chi connectivity index (χ4v) is 1.75. The number of hydrogen-bond acceptors (Lipinski definition) is 3. The molecular formula is C12H23NO4. The molecule has 0 aliphatic carbocycles. The average molecular weight is 245 g/mol. The van der Waals surface area contributed by atoms with Gasteiger partial charge in [0.15, 0.2) is 0 Å². The summed E-state index contributed by atoms with van der Waals surface area (Å²) in [6, 6.07) is 0.0828. The van der Waals surface area contributed by atoms with E-state index >= 15 is 0 Å². The van der Waals surface area contributed by atoms with Crippen LogP contribution < -0.4 is 0 Å². The number of aliphatic carboxylic acids is 1. The standard InChI is InChI=1S/C12H23NO4/c1-5-10(6-2)13(7-8-17-4)11(14)9(3)12(15)16/h9-10H,5-8H2,1-4H3,(H,15,16). The van der Waals surface area contributed by atoms with Crippen molar-refractivity contribution in [2.75, 3.05) is 20.3 Å². The third-order valence-electron chi connectivity index (χ3n) is 2.94. The normalized spacial score (nSPS) is 12.5. The zero-order chi connectivity index (χ0) is 13.4. The summed E-state index contributed by atoms with van der Waals surface area (Å²) in [5.74, 6) is -2.40. The SMILES string of the molecule is CCC(CC)N(CCOC)C(=O)C(C)C(=O)O. The number of methoxy groups -OCH3 is 1. The van der Waals surface area contributed by atoms with Gasteiger partial charge in [0, 0.05) is 19.7 Å².